The third-order valence-corrected chi connectivity index (χ3v) is 2.34. The lowest BCUT2D eigenvalue weighted by Gasteiger charge is -2.17. The summed E-state index contributed by atoms with van der Waals surface area (Å²) in [4.78, 5) is 0. The predicted octanol–water partition coefficient (Wildman–Crippen LogP) is 2.08. The van der Waals surface area contributed by atoms with Crippen molar-refractivity contribution in [2.45, 2.75) is 39.8 Å². The minimum atomic E-state index is 0.162. The first kappa shape index (κ1) is 12.3. The van der Waals surface area contributed by atoms with Crippen LogP contribution in [0.3, 0.4) is 0 Å². The van der Waals surface area contributed by atoms with Gasteiger partial charge < -0.3 is 14.8 Å². The predicted molar refractivity (Wildman–Crippen MR) is 60.6 cm³/mol. The molecule has 0 aliphatic heterocycles. The molecule has 0 aromatic carbocycles. The highest BCUT2D eigenvalue weighted by molar-refractivity contribution is 5.05. The molecule has 1 aromatic heterocycles. The first-order chi connectivity index (χ1) is 7.11. The molecule has 0 saturated heterocycles. The van der Waals surface area contributed by atoms with Crippen molar-refractivity contribution in [3.05, 3.63) is 23.7 Å². The molecule has 1 atom stereocenters. The second kappa shape index (κ2) is 5.93. The van der Waals surface area contributed by atoms with E-state index in [2.05, 4.69) is 19.2 Å². The molecule has 0 radical (unpaired) electrons. The Kier molecular flexibility index (Phi) is 4.85. The Bertz CT molecular complexity index is 281. The summed E-state index contributed by atoms with van der Waals surface area (Å²) < 4.78 is 5.44. The Balaban J connectivity index is 2.34. The quantitative estimate of drug-likeness (QED) is 0.757. The Morgan fingerprint density at radius 1 is 1.40 bits per heavy atom. The van der Waals surface area contributed by atoms with Crippen LogP contribution in [0.2, 0.25) is 0 Å². The molecular formula is C12H21NO2. The van der Waals surface area contributed by atoms with E-state index in [9.17, 15) is 0 Å². The molecule has 1 aromatic rings. The van der Waals surface area contributed by atoms with Crippen LogP contribution in [0.1, 0.15) is 31.8 Å². The van der Waals surface area contributed by atoms with Gasteiger partial charge in [-0.3, -0.25) is 0 Å². The fourth-order valence-electron chi connectivity index (χ4n) is 1.62. The van der Waals surface area contributed by atoms with Gasteiger partial charge >= 0.3 is 0 Å². The van der Waals surface area contributed by atoms with E-state index in [1.807, 2.05) is 19.1 Å². The highest BCUT2D eigenvalue weighted by Gasteiger charge is 2.09. The summed E-state index contributed by atoms with van der Waals surface area (Å²) in [6.45, 7) is 7.10. The number of aryl methyl sites for hydroxylation is 1. The van der Waals surface area contributed by atoms with Gasteiger partial charge in [0.2, 0.25) is 0 Å². The third kappa shape index (κ3) is 4.49. The van der Waals surface area contributed by atoms with E-state index in [4.69, 9.17) is 9.52 Å². The number of furan rings is 1. The van der Waals surface area contributed by atoms with Crippen LogP contribution in [0.25, 0.3) is 0 Å². The minimum Gasteiger partial charge on any atom is -0.465 e. The van der Waals surface area contributed by atoms with Crippen LogP contribution >= 0.6 is 0 Å². The molecule has 3 nitrogen and oxygen atoms in total. The van der Waals surface area contributed by atoms with Gasteiger partial charge in [-0.15, -0.1) is 0 Å². The number of rotatable bonds is 6. The van der Waals surface area contributed by atoms with E-state index in [1.165, 1.54) is 0 Å². The maximum Gasteiger partial charge on any atom is 0.117 e. The molecule has 1 rings (SSSR count). The number of nitrogens with one attached hydrogen (secondary N) is 1. The molecule has 15 heavy (non-hydrogen) atoms. The summed E-state index contributed by atoms with van der Waals surface area (Å²) in [7, 11) is 0. The lowest BCUT2D eigenvalue weighted by Crippen LogP contribution is -2.33. The Labute approximate surface area is 91.5 Å². The number of aliphatic hydroxyl groups excluding tert-OH is 1. The molecule has 0 unspecified atom stereocenters. The lowest BCUT2D eigenvalue weighted by atomic mass is 10.0. The van der Waals surface area contributed by atoms with E-state index in [1.54, 1.807) is 0 Å². The summed E-state index contributed by atoms with van der Waals surface area (Å²) in [6, 6.07) is 4.08. The minimum absolute atomic E-state index is 0.162. The van der Waals surface area contributed by atoms with Gasteiger partial charge in [0.25, 0.3) is 0 Å². The SMILES string of the molecule is Cc1ccc(CN[C@H](CO)CC(C)C)o1. The van der Waals surface area contributed by atoms with Crippen molar-refractivity contribution in [2.24, 2.45) is 5.92 Å². The normalized spacial score (nSPS) is 13.4. The second-order valence-electron chi connectivity index (χ2n) is 4.40. The van der Waals surface area contributed by atoms with Crippen molar-refractivity contribution < 1.29 is 9.52 Å². The topological polar surface area (TPSA) is 45.4 Å². The Morgan fingerprint density at radius 2 is 2.13 bits per heavy atom. The van der Waals surface area contributed by atoms with Gasteiger partial charge in [0.15, 0.2) is 0 Å². The van der Waals surface area contributed by atoms with Crippen LogP contribution in [0.5, 0.6) is 0 Å². The van der Waals surface area contributed by atoms with Crippen molar-refractivity contribution in [2.75, 3.05) is 6.61 Å². The Hall–Kier alpha value is -0.800. The average Bonchev–Trinajstić information content (AvgIpc) is 2.58. The summed E-state index contributed by atoms with van der Waals surface area (Å²) in [5.74, 6) is 2.44. The number of hydrogen-bond acceptors (Lipinski definition) is 3. The van der Waals surface area contributed by atoms with E-state index in [0.29, 0.717) is 12.5 Å². The zero-order valence-electron chi connectivity index (χ0n) is 9.79. The van der Waals surface area contributed by atoms with Gasteiger partial charge in [-0.2, -0.15) is 0 Å². The molecule has 2 N–H and O–H groups in total. The van der Waals surface area contributed by atoms with E-state index in [0.717, 1.165) is 17.9 Å². The van der Waals surface area contributed by atoms with Gasteiger partial charge in [0, 0.05) is 6.04 Å². The zero-order valence-corrected chi connectivity index (χ0v) is 9.79. The number of hydrogen-bond donors (Lipinski definition) is 2. The van der Waals surface area contributed by atoms with Gasteiger partial charge in [0.05, 0.1) is 13.2 Å². The highest BCUT2D eigenvalue weighted by atomic mass is 16.3. The third-order valence-electron chi connectivity index (χ3n) is 2.34. The van der Waals surface area contributed by atoms with Crippen molar-refractivity contribution in [1.82, 2.24) is 5.32 Å². The largest absolute Gasteiger partial charge is 0.465 e. The smallest absolute Gasteiger partial charge is 0.117 e. The lowest BCUT2D eigenvalue weighted by molar-refractivity contribution is 0.220. The fraction of sp³-hybridized carbons (Fsp3) is 0.667. The molecule has 0 spiro atoms. The van der Waals surface area contributed by atoms with Crippen molar-refractivity contribution in [3.63, 3.8) is 0 Å². The van der Waals surface area contributed by atoms with E-state index < -0.39 is 0 Å². The summed E-state index contributed by atoms with van der Waals surface area (Å²) in [6.07, 6.45) is 0.982. The first-order valence-electron chi connectivity index (χ1n) is 5.51. The van der Waals surface area contributed by atoms with Gasteiger partial charge in [-0.1, -0.05) is 13.8 Å². The molecule has 0 bridgehead atoms. The summed E-state index contributed by atoms with van der Waals surface area (Å²) in [5, 5.41) is 12.5. The maximum atomic E-state index is 9.17. The molecule has 0 aliphatic carbocycles. The van der Waals surface area contributed by atoms with E-state index >= 15 is 0 Å². The van der Waals surface area contributed by atoms with Crippen LogP contribution in [-0.4, -0.2) is 17.8 Å². The molecule has 0 amide bonds. The highest BCUT2D eigenvalue weighted by Crippen LogP contribution is 2.08. The van der Waals surface area contributed by atoms with Gasteiger partial charge in [-0.25, -0.2) is 0 Å². The van der Waals surface area contributed by atoms with Crippen molar-refractivity contribution >= 4 is 0 Å². The monoisotopic (exact) mass is 211 g/mol. The second-order valence-corrected chi connectivity index (χ2v) is 4.40. The fourth-order valence-corrected chi connectivity index (χ4v) is 1.62. The van der Waals surface area contributed by atoms with Crippen LogP contribution < -0.4 is 5.32 Å². The van der Waals surface area contributed by atoms with E-state index in [-0.39, 0.29) is 12.6 Å². The Morgan fingerprint density at radius 3 is 2.60 bits per heavy atom. The van der Waals surface area contributed by atoms with Crippen LogP contribution in [0.4, 0.5) is 0 Å². The molecule has 0 aliphatic rings. The summed E-state index contributed by atoms with van der Waals surface area (Å²) in [5.41, 5.74) is 0. The van der Waals surface area contributed by atoms with Crippen LogP contribution in [-0.2, 0) is 6.54 Å². The van der Waals surface area contributed by atoms with Crippen LogP contribution in [0, 0.1) is 12.8 Å². The number of aliphatic hydroxyl groups is 1. The molecule has 1 heterocycles. The first-order valence-corrected chi connectivity index (χ1v) is 5.51. The standard InChI is InChI=1S/C12H21NO2/c1-9(2)6-11(8-14)13-7-12-5-4-10(3)15-12/h4-5,9,11,13-14H,6-8H2,1-3H3/t11-/m0/s1. The molecular weight excluding hydrogens is 190 g/mol. The molecule has 3 heteroatoms. The van der Waals surface area contributed by atoms with Gasteiger partial charge in [0.1, 0.15) is 11.5 Å². The van der Waals surface area contributed by atoms with Crippen molar-refractivity contribution in [1.29, 1.82) is 0 Å². The van der Waals surface area contributed by atoms with Gasteiger partial charge in [-0.05, 0) is 31.4 Å². The summed E-state index contributed by atoms with van der Waals surface area (Å²) >= 11 is 0. The zero-order chi connectivity index (χ0) is 11.3. The molecule has 0 saturated carbocycles. The maximum absolute atomic E-state index is 9.17. The van der Waals surface area contributed by atoms with Crippen LogP contribution in [0.15, 0.2) is 16.5 Å². The molecule has 0 fully saturated rings. The molecule has 86 valence electrons. The average molecular weight is 211 g/mol. The van der Waals surface area contributed by atoms with Crippen molar-refractivity contribution in [3.8, 4) is 0 Å².